The Labute approximate surface area is 159 Å². The van der Waals surface area contributed by atoms with Gasteiger partial charge in [0.2, 0.25) is 0 Å². The number of hydrogen-bond donors (Lipinski definition) is 0. The summed E-state index contributed by atoms with van der Waals surface area (Å²) >= 11 is 5.18. The number of aromatic nitrogens is 1. The first-order chi connectivity index (χ1) is 11.2. The third kappa shape index (κ3) is 5.88. The molecule has 7 heteroatoms. The van der Waals surface area contributed by atoms with Crippen LogP contribution in [0.25, 0.3) is 0 Å². The second-order valence-electron chi connectivity index (χ2n) is 7.85. The quantitative estimate of drug-likeness (QED) is 0.404. The zero-order chi connectivity index (χ0) is 17.8. The van der Waals surface area contributed by atoms with E-state index in [1.165, 1.54) is 0 Å². The van der Waals surface area contributed by atoms with Crippen LogP contribution in [0.3, 0.4) is 0 Å². The van der Waals surface area contributed by atoms with Gasteiger partial charge in [0.05, 0.1) is 15.0 Å². The fourth-order valence-corrected chi connectivity index (χ4v) is 4.62. The van der Waals surface area contributed by atoms with Crippen molar-refractivity contribution < 1.29 is 13.9 Å². The summed E-state index contributed by atoms with van der Waals surface area (Å²) in [7, 11) is -1.90. The SMILES string of the molecule is CC(C)(C)[Si](C)(C)OC(CCc1ncsc1Br)OC1CCCCO1. The Balaban J connectivity index is 2.01. The van der Waals surface area contributed by atoms with E-state index in [-0.39, 0.29) is 17.6 Å². The summed E-state index contributed by atoms with van der Waals surface area (Å²) in [5, 5.41) is 0.156. The first-order valence-electron chi connectivity index (χ1n) is 8.72. The second kappa shape index (κ2) is 8.73. The smallest absolute Gasteiger partial charge is 0.195 e. The molecule has 0 spiro atoms. The van der Waals surface area contributed by atoms with E-state index in [0.717, 1.165) is 48.2 Å². The molecule has 0 radical (unpaired) electrons. The van der Waals surface area contributed by atoms with Gasteiger partial charge in [-0.1, -0.05) is 20.8 Å². The van der Waals surface area contributed by atoms with Gasteiger partial charge in [-0.2, -0.15) is 0 Å². The zero-order valence-corrected chi connectivity index (χ0v) is 18.8. The van der Waals surface area contributed by atoms with Crippen LogP contribution in [0, 0.1) is 0 Å². The summed E-state index contributed by atoms with van der Waals surface area (Å²) in [4.78, 5) is 4.42. The molecule has 0 aliphatic carbocycles. The fourth-order valence-electron chi connectivity index (χ4n) is 2.32. The maximum absolute atomic E-state index is 6.54. The van der Waals surface area contributed by atoms with Crippen LogP contribution in [0.1, 0.15) is 52.1 Å². The highest BCUT2D eigenvalue weighted by atomic mass is 79.9. The van der Waals surface area contributed by atoms with Crippen LogP contribution in [0.2, 0.25) is 18.1 Å². The minimum absolute atomic E-state index is 0.132. The van der Waals surface area contributed by atoms with Crippen molar-refractivity contribution in [3.8, 4) is 0 Å². The molecule has 1 fully saturated rings. The van der Waals surface area contributed by atoms with Crippen molar-refractivity contribution in [2.45, 2.75) is 83.6 Å². The van der Waals surface area contributed by atoms with E-state index >= 15 is 0 Å². The molecule has 1 aromatic rings. The van der Waals surface area contributed by atoms with Gasteiger partial charge in [0.1, 0.15) is 0 Å². The molecule has 2 heterocycles. The molecule has 2 unspecified atom stereocenters. The number of ether oxygens (including phenoxy) is 2. The van der Waals surface area contributed by atoms with E-state index < -0.39 is 8.32 Å². The van der Waals surface area contributed by atoms with Gasteiger partial charge in [0, 0.05) is 13.0 Å². The molecule has 24 heavy (non-hydrogen) atoms. The van der Waals surface area contributed by atoms with Gasteiger partial charge < -0.3 is 13.9 Å². The van der Waals surface area contributed by atoms with Gasteiger partial charge in [-0.05, 0) is 59.7 Å². The number of rotatable bonds is 7. The summed E-state index contributed by atoms with van der Waals surface area (Å²) < 4.78 is 19.6. The Morgan fingerprint density at radius 2 is 2.17 bits per heavy atom. The van der Waals surface area contributed by atoms with Gasteiger partial charge in [0.25, 0.3) is 0 Å². The normalized spacial score (nSPS) is 21.0. The molecule has 0 saturated carbocycles. The van der Waals surface area contributed by atoms with E-state index in [4.69, 9.17) is 13.9 Å². The highest BCUT2D eigenvalue weighted by Gasteiger charge is 2.40. The maximum Gasteiger partial charge on any atom is 0.195 e. The molecule has 1 aromatic heterocycles. The number of halogens is 1. The largest absolute Gasteiger partial charge is 0.392 e. The Kier molecular flexibility index (Phi) is 7.46. The average molecular weight is 436 g/mol. The minimum Gasteiger partial charge on any atom is -0.392 e. The molecule has 0 aromatic carbocycles. The molecular weight excluding hydrogens is 406 g/mol. The van der Waals surface area contributed by atoms with E-state index in [2.05, 4.69) is 54.8 Å². The second-order valence-corrected chi connectivity index (χ2v) is 14.8. The van der Waals surface area contributed by atoms with Crippen molar-refractivity contribution in [3.05, 3.63) is 15.0 Å². The molecule has 2 rings (SSSR count). The van der Waals surface area contributed by atoms with Crippen molar-refractivity contribution in [2.75, 3.05) is 6.61 Å². The van der Waals surface area contributed by atoms with Crippen molar-refractivity contribution >= 4 is 35.6 Å². The van der Waals surface area contributed by atoms with Gasteiger partial charge in [-0.3, -0.25) is 0 Å². The molecule has 1 saturated heterocycles. The third-order valence-electron chi connectivity index (χ3n) is 4.88. The molecule has 1 aliphatic rings. The average Bonchev–Trinajstić information content (AvgIpc) is 2.90. The lowest BCUT2D eigenvalue weighted by Gasteiger charge is -2.40. The Bertz CT molecular complexity index is 512. The molecule has 0 N–H and O–H groups in total. The predicted molar refractivity (Wildman–Crippen MR) is 105 cm³/mol. The Hall–Kier alpha value is 0.207. The highest BCUT2D eigenvalue weighted by Crippen LogP contribution is 2.38. The first kappa shape index (κ1) is 20.5. The highest BCUT2D eigenvalue weighted by molar-refractivity contribution is 9.11. The van der Waals surface area contributed by atoms with Crippen LogP contribution in [-0.2, 0) is 20.3 Å². The summed E-state index contributed by atoms with van der Waals surface area (Å²) in [5.74, 6) is 0. The van der Waals surface area contributed by atoms with Crippen molar-refractivity contribution in [2.24, 2.45) is 0 Å². The molecule has 4 nitrogen and oxygen atoms in total. The lowest BCUT2D eigenvalue weighted by molar-refractivity contribution is -0.236. The Morgan fingerprint density at radius 1 is 1.42 bits per heavy atom. The number of thiazole rings is 1. The summed E-state index contributed by atoms with van der Waals surface area (Å²) in [5.41, 5.74) is 2.95. The topological polar surface area (TPSA) is 40.6 Å². The van der Waals surface area contributed by atoms with Crippen molar-refractivity contribution in [1.29, 1.82) is 0 Å². The minimum atomic E-state index is -1.90. The summed E-state index contributed by atoms with van der Waals surface area (Å²) in [6.45, 7) is 12.1. The lowest BCUT2D eigenvalue weighted by Crippen LogP contribution is -2.46. The third-order valence-corrected chi connectivity index (χ3v) is 11.0. The van der Waals surface area contributed by atoms with Crippen LogP contribution in [0.15, 0.2) is 9.30 Å². The number of aryl methyl sites for hydroxylation is 1. The van der Waals surface area contributed by atoms with E-state index in [9.17, 15) is 0 Å². The van der Waals surface area contributed by atoms with E-state index in [1.54, 1.807) is 11.3 Å². The summed E-state index contributed by atoms with van der Waals surface area (Å²) in [6.07, 6.45) is 4.52. The molecular formula is C17H30BrNO3SSi. The molecule has 1 aliphatic heterocycles. The van der Waals surface area contributed by atoms with Gasteiger partial charge >= 0.3 is 0 Å². The molecule has 0 amide bonds. The van der Waals surface area contributed by atoms with Crippen molar-refractivity contribution in [1.82, 2.24) is 4.98 Å². The van der Waals surface area contributed by atoms with Crippen molar-refractivity contribution in [3.63, 3.8) is 0 Å². The standard InChI is InChI=1S/C17H30BrNO3SSi/c1-17(2,3)24(4,5)22-15(21-14-8-6-7-11-20-14)10-9-13-16(18)23-12-19-13/h12,14-15H,6-11H2,1-5H3. The number of nitrogens with zero attached hydrogens (tertiary/aromatic N) is 1. The van der Waals surface area contributed by atoms with Gasteiger partial charge in [-0.15, -0.1) is 11.3 Å². The van der Waals surface area contributed by atoms with E-state index in [1.807, 2.05) is 5.51 Å². The van der Waals surface area contributed by atoms with Gasteiger partial charge in [-0.25, -0.2) is 4.98 Å². The molecule has 0 bridgehead atoms. The molecule has 138 valence electrons. The van der Waals surface area contributed by atoms with Crippen LogP contribution in [-0.4, -0.2) is 32.5 Å². The zero-order valence-electron chi connectivity index (χ0n) is 15.4. The van der Waals surface area contributed by atoms with Crippen LogP contribution < -0.4 is 0 Å². The lowest BCUT2D eigenvalue weighted by atomic mass is 10.2. The van der Waals surface area contributed by atoms with Crippen LogP contribution >= 0.6 is 27.3 Å². The predicted octanol–water partition coefficient (Wildman–Crippen LogP) is 5.73. The van der Waals surface area contributed by atoms with Crippen LogP contribution in [0.4, 0.5) is 0 Å². The van der Waals surface area contributed by atoms with E-state index in [0.29, 0.717) is 0 Å². The maximum atomic E-state index is 6.54. The number of hydrogen-bond acceptors (Lipinski definition) is 5. The Morgan fingerprint density at radius 3 is 2.71 bits per heavy atom. The van der Waals surface area contributed by atoms with Crippen LogP contribution in [0.5, 0.6) is 0 Å². The van der Waals surface area contributed by atoms with Gasteiger partial charge in [0.15, 0.2) is 20.9 Å². The monoisotopic (exact) mass is 435 g/mol. The summed E-state index contributed by atoms with van der Waals surface area (Å²) in [6, 6.07) is 0. The fraction of sp³-hybridized carbons (Fsp3) is 0.824. The first-order valence-corrected chi connectivity index (χ1v) is 13.3. The molecule has 2 atom stereocenters.